The van der Waals surface area contributed by atoms with Crippen molar-refractivity contribution in [2.45, 2.75) is 90.0 Å². The maximum absolute atomic E-state index is 13.1. The average molecular weight is 565 g/mol. The number of ether oxygens (including phenoxy) is 5. The predicted octanol–water partition coefficient (Wildman–Crippen LogP) is 7.16. The summed E-state index contributed by atoms with van der Waals surface area (Å²) in [6, 6.07) is 4.94. The monoisotopic (exact) mass is 564 g/mol. The van der Waals surface area contributed by atoms with Gasteiger partial charge in [-0.3, -0.25) is 0 Å². The first kappa shape index (κ1) is 30.9. The van der Waals surface area contributed by atoms with Gasteiger partial charge in [0, 0.05) is 32.8 Å². The Morgan fingerprint density at radius 1 is 1.00 bits per heavy atom. The lowest BCUT2D eigenvalue weighted by Gasteiger charge is -2.44. The fourth-order valence-corrected chi connectivity index (χ4v) is 12.2. The zero-order valence-electron chi connectivity index (χ0n) is 25.0. The van der Waals surface area contributed by atoms with E-state index in [-0.39, 0.29) is 25.5 Å². The minimum absolute atomic E-state index is 0.134. The summed E-state index contributed by atoms with van der Waals surface area (Å²) in [6.07, 6.45) is 1.44. The van der Waals surface area contributed by atoms with Crippen LogP contribution in [0, 0.1) is 5.92 Å². The second-order valence-corrected chi connectivity index (χ2v) is 23.7. The summed E-state index contributed by atoms with van der Waals surface area (Å²) in [5.74, 6) is 0.622. The van der Waals surface area contributed by atoms with Crippen molar-refractivity contribution >= 4 is 28.4 Å². The van der Waals surface area contributed by atoms with Crippen LogP contribution in [0.25, 0.3) is 6.08 Å². The van der Waals surface area contributed by atoms with E-state index in [4.69, 9.17) is 28.1 Å². The highest BCUT2D eigenvalue weighted by Crippen LogP contribution is 2.48. The summed E-state index contributed by atoms with van der Waals surface area (Å²) in [6.45, 7) is 21.9. The fourth-order valence-electron chi connectivity index (χ4n) is 6.00. The molecular formula is C29H48O7Si2. The Kier molecular flexibility index (Phi) is 10.3. The van der Waals surface area contributed by atoms with Crippen LogP contribution in [0.2, 0.25) is 42.3 Å². The Hall–Kier alpha value is -1.66. The van der Waals surface area contributed by atoms with Crippen molar-refractivity contribution in [3.8, 4) is 11.5 Å². The smallest absolute Gasteiger partial charge is 0.334 e. The molecule has 0 unspecified atom stereocenters. The summed E-state index contributed by atoms with van der Waals surface area (Å²) < 4.78 is 35.9. The van der Waals surface area contributed by atoms with Gasteiger partial charge in [-0.15, -0.1) is 0 Å². The first-order valence-corrected chi connectivity index (χ1v) is 19.7. The van der Waals surface area contributed by atoms with Crippen molar-refractivity contribution in [1.82, 2.24) is 0 Å². The molecule has 0 radical (unpaired) electrons. The Bertz CT molecular complexity index is 976. The van der Waals surface area contributed by atoms with Gasteiger partial charge in [-0.25, -0.2) is 4.79 Å². The first-order valence-electron chi connectivity index (χ1n) is 13.9. The molecular weight excluding hydrogens is 516 g/mol. The molecule has 2 aliphatic rings. The quantitative estimate of drug-likeness (QED) is 0.109. The Labute approximate surface area is 231 Å². The van der Waals surface area contributed by atoms with E-state index in [1.165, 1.54) is 7.11 Å². The number of methoxy groups -OCH3 is 1. The van der Waals surface area contributed by atoms with Gasteiger partial charge in [0.15, 0.2) is 19.8 Å². The Balaban J connectivity index is 1.98. The number of hydrogen-bond acceptors (Lipinski definition) is 7. The summed E-state index contributed by atoms with van der Waals surface area (Å²) in [4.78, 5) is 13.1. The van der Waals surface area contributed by atoms with Crippen LogP contribution in [0.5, 0.6) is 11.5 Å². The number of carbonyl (C=O) groups excluding carboxylic acids is 1. The third-order valence-electron chi connectivity index (χ3n) is 7.93. The zero-order valence-corrected chi connectivity index (χ0v) is 27.0. The Morgan fingerprint density at radius 2 is 1.61 bits per heavy atom. The van der Waals surface area contributed by atoms with Gasteiger partial charge >= 0.3 is 5.97 Å². The van der Waals surface area contributed by atoms with Gasteiger partial charge in [-0.05, 0) is 52.0 Å². The molecule has 0 amide bonds. The van der Waals surface area contributed by atoms with E-state index < -0.39 is 22.5 Å². The van der Waals surface area contributed by atoms with Gasteiger partial charge in [-0.2, -0.15) is 0 Å². The van der Waals surface area contributed by atoms with Crippen molar-refractivity contribution in [1.29, 1.82) is 0 Å². The number of hydrogen-bond donors (Lipinski definition) is 0. The summed E-state index contributed by atoms with van der Waals surface area (Å²) >= 11 is 0. The molecule has 1 aromatic carbocycles. The summed E-state index contributed by atoms with van der Waals surface area (Å²) in [5, 5.41) is 0. The molecule has 2 atom stereocenters. The van der Waals surface area contributed by atoms with E-state index >= 15 is 0 Å². The van der Waals surface area contributed by atoms with Crippen LogP contribution in [0.3, 0.4) is 0 Å². The van der Waals surface area contributed by atoms with Gasteiger partial charge in [0.25, 0.3) is 0 Å². The zero-order chi connectivity index (χ0) is 28.3. The molecule has 0 fully saturated rings. The molecule has 9 heteroatoms. The molecule has 38 heavy (non-hydrogen) atoms. The predicted molar refractivity (Wildman–Crippen MR) is 156 cm³/mol. The minimum atomic E-state index is -2.20. The number of esters is 1. The SMILES string of the molecule is COC(=O)C1=Cc2cc3c(cc2[C@H](OCOCC[Si](C)(C)C)[C@H]1CO[Si](C(C)C)(C(C)C)C(C)C)OCO3. The molecule has 0 bridgehead atoms. The van der Waals surface area contributed by atoms with Crippen LogP contribution in [-0.4, -0.2) is 56.3 Å². The molecule has 0 saturated carbocycles. The molecule has 7 nitrogen and oxygen atoms in total. The van der Waals surface area contributed by atoms with E-state index in [1.807, 2.05) is 18.2 Å². The number of rotatable bonds is 13. The van der Waals surface area contributed by atoms with Gasteiger partial charge in [-0.1, -0.05) is 61.2 Å². The molecule has 0 N–H and O–H groups in total. The second-order valence-electron chi connectivity index (χ2n) is 12.6. The fraction of sp³-hybridized carbons (Fsp3) is 0.690. The van der Waals surface area contributed by atoms with E-state index in [9.17, 15) is 4.79 Å². The van der Waals surface area contributed by atoms with Crippen LogP contribution in [0.4, 0.5) is 0 Å². The molecule has 1 aromatic rings. The number of fused-ring (bicyclic) bond motifs is 2. The molecule has 0 spiro atoms. The largest absolute Gasteiger partial charge is 0.466 e. The number of carbonyl (C=O) groups is 1. The van der Waals surface area contributed by atoms with Gasteiger partial charge in [0.1, 0.15) is 6.79 Å². The maximum Gasteiger partial charge on any atom is 0.334 e. The van der Waals surface area contributed by atoms with Crippen molar-refractivity contribution in [2.24, 2.45) is 5.92 Å². The van der Waals surface area contributed by atoms with Crippen molar-refractivity contribution in [2.75, 3.05) is 33.9 Å². The summed E-state index contributed by atoms with van der Waals surface area (Å²) in [5.41, 5.74) is 3.60. The van der Waals surface area contributed by atoms with Crippen LogP contribution < -0.4 is 9.47 Å². The lowest BCUT2D eigenvalue weighted by atomic mass is 9.81. The minimum Gasteiger partial charge on any atom is -0.466 e. The lowest BCUT2D eigenvalue weighted by Crippen LogP contribution is -2.49. The van der Waals surface area contributed by atoms with Crippen molar-refractivity contribution in [3.05, 3.63) is 28.8 Å². The summed E-state index contributed by atoms with van der Waals surface area (Å²) in [7, 11) is -2.00. The van der Waals surface area contributed by atoms with Crippen LogP contribution in [-0.2, 0) is 23.4 Å². The van der Waals surface area contributed by atoms with Crippen molar-refractivity contribution in [3.63, 3.8) is 0 Å². The van der Waals surface area contributed by atoms with E-state index in [2.05, 4.69) is 61.2 Å². The van der Waals surface area contributed by atoms with Gasteiger partial charge < -0.3 is 28.1 Å². The normalized spacial score (nSPS) is 19.2. The topological polar surface area (TPSA) is 72.5 Å². The number of benzene rings is 1. The van der Waals surface area contributed by atoms with Crippen LogP contribution in [0.1, 0.15) is 58.8 Å². The lowest BCUT2D eigenvalue weighted by molar-refractivity contribution is -0.140. The van der Waals surface area contributed by atoms with Crippen LogP contribution in [0.15, 0.2) is 17.7 Å². The molecule has 3 rings (SSSR count). The molecule has 1 aliphatic heterocycles. The Morgan fingerprint density at radius 3 is 2.16 bits per heavy atom. The van der Waals surface area contributed by atoms with Crippen LogP contribution >= 0.6 is 0 Å². The molecule has 1 aliphatic carbocycles. The first-order chi connectivity index (χ1) is 17.8. The van der Waals surface area contributed by atoms with Gasteiger partial charge in [0.2, 0.25) is 6.79 Å². The molecule has 0 saturated heterocycles. The van der Waals surface area contributed by atoms with E-state index in [0.717, 1.165) is 17.2 Å². The molecule has 1 heterocycles. The average Bonchev–Trinajstić information content (AvgIpc) is 3.28. The van der Waals surface area contributed by atoms with Gasteiger partial charge in [0.05, 0.1) is 13.2 Å². The third kappa shape index (κ3) is 6.73. The highest BCUT2D eigenvalue weighted by Gasteiger charge is 2.47. The standard InChI is InChI=1S/C29H48O7Si2/c1-19(2)38(20(3)4,21(5)6)36-16-25-24(29(30)31-7)13-22-14-26-27(34-18-33-26)15-23(22)28(25)35-17-32-11-12-37(8,9)10/h13-15,19-21,25,28H,11-12,16-18H2,1-10H3/t25-,28-/m0/s1. The third-order valence-corrected chi connectivity index (χ3v) is 15.7. The van der Waals surface area contributed by atoms with Crippen molar-refractivity contribution < 1.29 is 32.9 Å². The molecule has 0 aromatic heterocycles. The maximum atomic E-state index is 13.1. The van der Waals surface area contributed by atoms with E-state index in [0.29, 0.717) is 46.9 Å². The highest BCUT2D eigenvalue weighted by molar-refractivity contribution is 6.77. The van der Waals surface area contributed by atoms with E-state index in [1.54, 1.807) is 0 Å². The highest BCUT2D eigenvalue weighted by atomic mass is 28.4. The molecule has 214 valence electrons. The second kappa shape index (κ2) is 12.7.